The van der Waals surface area contributed by atoms with Gasteiger partial charge in [-0.05, 0) is 25.0 Å². The molecular weight excluding hydrogens is 314 g/mol. The summed E-state index contributed by atoms with van der Waals surface area (Å²) in [5.41, 5.74) is 5.90. The maximum absolute atomic E-state index is 4.92. The lowest BCUT2D eigenvalue weighted by Gasteiger charge is -2.21. The summed E-state index contributed by atoms with van der Waals surface area (Å²) in [7, 11) is 0. The van der Waals surface area contributed by atoms with Crippen LogP contribution >= 0.6 is 11.3 Å². The number of hydrazone groups is 1. The molecule has 0 radical (unpaired) electrons. The summed E-state index contributed by atoms with van der Waals surface area (Å²) in [5.74, 6) is 0. The van der Waals surface area contributed by atoms with Crippen LogP contribution in [0, 0.1) is 13.8 Å². The smallest absolute Gasteiger partial charge is 0.206 e. The Bertz CT molecular complexity index is 865. The van der Waals surface area contributed by atoms with Crippen LogP contribution in [0.25, 0.3) is 0 Å². The Morgan fingerprint density at radius 3 is 2.42 bits per heavy atom. The highest BCUT2D eigenvalue weighted by atomic mass is 32.1. The number of hydrogen-bond donors (Lipinski definition) is 0. The summed E-state index contributed by atoms with van der Waals surface area (Å²) < 4.78 is 0. The van der Waals surface area contributed by atoms with E-state index in [2.05, 4.69) is 70.8 Å². The molecule has 0 N–H and O–H groups in total. The van der Waals surface area contributed by atoms with Crippen LogP contribution in [-0.2, 0) is 0 Å². The van der Waals surface area contributed by atoms with Gasteiger partial charge in [-0.2, -0.15) is 5.10 Å². The van der Waals surface area contributed by atoms with Crippen LogP contribution in [0.3, 0.4) is 0 Å². The third-order valence-corrected chi connectivity index (χ3v) is 5.23. The molecule has 24 heavy (non-hydrogen) atoms. The van der Waals surface area contributed by atoms with Gasteiger partial charge in [0.2, 0.25) is 5.13 Å². The normalized spacial score (nSPS) is 17.2. The van der Waals surface area contributed by atoms with E-state index in [1.165, 1.54) is 16.7 Å². The fraction of sp³-hybridized carbons (Fsp3) is 0.200. The summed E-state index contributed by atoms with van der Waals surface area (Å²) in [5, 5.41) is 10.1. The van der Waals surface area contributed by atoms with E-state index < -0.39 is 0 Å². The first-order valence-electron chi connectivity index (χ1n) is 8.11. The minimum Gasteiger partial charge on any atom is -0.231 e. The summed E-state index contributed by atoms with van der Waals surface area (Å²) in [6, 6.07) is 19.4. The van der Waals surface area contributed by atoms with E-state index >= 15 is 0 Å². The molecule has 3 aromatic rings. The zero-order valence-electron chi connectivity index (χ0n) is 13.8. The quantitative estimate of drug-likeness (QED) is 0.666. The second kappa shape index (κ2) is 6.21. The summed E-state index contributed by atoms with van der Waals surface area (Å²) >= 11 is 1.65. The average Bonchev–Trinajstić information content (AvgIpc) is 3.23. The van der Waals surface area contributed by atoms with Crippen molar-refractivity contribution in [1.82, 2.24) is 4.98 Å². The van der Waals surface area contributed by atoms with Crippen molar-refractivity contribution in [1.29, 1.82) is 0 Å². The zero-order valence-corrected chi connectivity index (χ0v) is 14.6. The molecule has 1 aliphatic heterocycles. The molecule has 1 aromatic heterocycles. The highest BCUT2D eigenvalue weighted by Crippen LogP contribution is 2.38. The summed E-state index contributed by atoms with van der Waals surface area (Å²) in [4.78, 5) is 4.65. The lowest BCUT2D eigenvalue weighted by atomic mass is 9.98. The Hall–Kier alpha value is -2.46. The molecule has 4 heteroatoms. The number of hydrogen-bond acceptors (Lipinski definition) is 4. The topological polar surface area (TPSA) is 28.5 Å². The van der Waals surface area contributed by atoms with Crippen LogP contribution in [0.2, 0.25) is 0 Å². The van der Waals surface area contributed by atoms with Gasteiger partial charge in [-0.15, -0.1) is 11.3 Å². The van der Waals surface area contributed by atoms with Gasteiger partial charge >= 0.3 is 0 Å². The van der Waals surface area contributed by atoms with Crippen LogP contribution < -0.4 is 5.01 Å². The minimum atomic E-state index is 0.200. The molecule has 1 atom stereocenters. The molecule has 0 aliphatic carbocycles. The van der Waals surface area contributed by atoms with E-state index in [1.807, 2.05) is 13.0 Å². The lowest BCUT2D eigenvalue weighted by Crippen LogP contribution is -2.18. The van der Waals surface area contributed by atoms with Gasteiger partial charge in [-0.25, -0.2) is 9.99 Å². The molecule has 4 rings (SSSR count). The average molecular weight is 333 g/mol. The maximum atomic E-state index is 4.92. The molecule has 0 amide bonds. The third kappa shape index (κ3) is 2.85. The number of thiazole rings is 1. The molecule has 120 valence electrons. The molecule has 0 unspecified atom stereocenters. The Kier molecular flexibility index (Phi) is 3.90. The number of anilines is 1. The van der Waals surface area contributed by atoms with Crippen LogP contribution in [0.15, 0.2) is 65.1 Å². The first kappa shape index (κ1) is 15.1. The molecule has 0 saturated carbocycles. The number of aromatic nitrogens is 1. The Morgan fingerprint density at radius 2 is 1.75 bits per heavy atom. The molecule has 0 saturated heterocycles. The molecule has 2 aromatic carbocycles. The van der Waals surface area contributed by atoms with E-state index in [0.29, 0.717) is 0 Å². The van der Waals surface area contributed by atoms with Crippen molar-refractivity contribution in [2.24, 2.45) is 5.10 Å². The van der Waals surface area contributed by atoms with Gasteiger partial charge in [0, 0.05) is 11.8 Å². The number of nitrogens with zero attached hydrogens (tertiary/aromatic N) is 3. The van der Waals surface area contributed by atoms with Gasteiger partial charge in [0.15, 0.2) is 0 Å². The van der Waals surface area contributed by atoms with Crippen molar-refractivity contribution in [3.8, 4) is 0 Å². The number of rotatable bonds is 3. The second-order valence-electron chi connectivity index (χ2n) is 6.16. The number of benzene rings is 2. The lowest BCUT2D eigenvalue weighted by molar-refractivity contribution is 0.705. The highest BCUT2D eigenvalue weighted by Gasteiger charge is 2.31. The van der Waals surface area contributed by atoms with Crippen molar-refractivity contribution >= 4 is 22.2 Å². The fourth-order valence-electron chi connectivity index (χ4n) is 2.99. The first-order chi connectivity index (χ1) is 11.7. The van der Waals surface area contributed by atoms with Gasteiger partial charge in [-0.3, -0.25) is 0 Å². The van der Waals surface area contributed by atoms with Crippen molar-refractivity contribution < 1.29 is 0 Å². The predicted molar refractivity (Wildman–Crippen MR) is 101 cm³/mol. The van der Waals surface area contributed by atoms with Crippen molar-refractivity contribution in [3.63, 3.8) is 0 Å². The van der Waals surface area contributed by atoms with E-state index in [1.54, 1.807) is 11.3 Å². The van der Waals surface area contributed by atoms with Gasteiger partial charge in [-0.1, -0.05) is 60.2 Å². The third-order valence-electron chi connectivity index (χ3n) is 4.28. The monoisotopic (exact) mass is 333 g/mol. The second-order valence-corrected chi connectivity index (χ2v) is 7.00. The summed E-state index contributed by atoms with van der Waals surface area (Å²) in [6.07, 6.45) is 0.895. The van der Waals surface area contributed by atoms with Crippen LogP contribution in [0.1, 0.15) is 34.8 Å². The van der Waals surface area contributed by atoms with E-state index in [0.717, 1.165) is 23.0 Å². The summed E-state index contributed by atoms with van der Waals surface area (Å²) in [6.45, 7) is 4.14. The van der Waals surface area contributed by atoms with E-state index in [-0.39, 0.29) is 6.04 Å². The highest BCUT2D eigenvalue weighted by molar-refractivity contribution is 7.13. The molecular formula is C20H19N3S. The molecule has 1 aliphatic rings. The number of aryl methyl sites for hydroxylation is 2. The standard InChI is InChI=1S/C20H19N3S/c1-14-8-10-17(11-9-14)19-12-18(16-6-4-3-5-7-16)22-23(19)20-21-15(2)13-24-20/h3-11,13,19H,12H2,1-2H3/t19-/m1/s1. The van der Waals surface area contributed by atoms with Crippen molar-refractivity contribution in [2.75, 3.05) is 5.01 Å². The van der Waals surface area contributed by atoms with Crippen LogP contribution in [0.5, 0.6) is 0 Å². The molecule has 0 spiro atoms. The first-order valence-corrected chi connectivity index (χ1v) is 8.99. The van der Waals surface area contributed by atoms with Crippen LogP contribution in [-0.4, -0.2) is 10.7 Å². The largest absolute Gasteiger partial charge is 0.231 e. The Balaban J connectivity index is 1.74. The maximum Gasteiger partial charge on any atom is 0.206 e. The van der Waals surface area contributed by atoms with Crippen molar-refractivity contribution in [3.05, 3.63) is 82.4 Å². The van der Waals surface area contributed by atoms with Gasteiger partial charge in [0.05, 0.1) is 17.4 Å². The van der Waals surface area contributed by atoms with Gasteiger partial charge < -0.3 is 0 Å². The molecule has 0 bridgehead atoms. The van der Waals surface area contributed by atoms with Crippen molar-refractivity contribution in [2.45, 2.75) is 26.3 Å². The molecule has 3 nitrogen and oxygen atoms in total. The minimum absolute atomic E-state index is 0.200. The fourth-order valence-corrected chi connectivity index (χ4v) is 3.79. The van der Waals surface area contributed by atoms with E-state index in [4.69, 9.17) is 5.10 Å². The predicted octanol–water partition coefficient (Wildman–Crippen LogP) is 5.12. The van der Waals surface area contributed by atoms with E-state index in [9.17, 15) is 0 Å². The van der Waals surface area contributed by atoms with Gasteiger partial charge in [0.25, 0.3) is 0 Å². The molecule has 0 fully saturated rings. The SMILES string of the molecule is Cc1ccc([C@H]2CC(c3ccccc3)=NN2c2nc(C)cs2)cc1. The van der Waals surface area contributed by atoms with Crippen LogP contribution in [0.4, 0.5) is 5.13 Å². The molecule has 2 heterocycles. The van der Waals surface area contributed by atoms with Gasteiger partial charge in [0.1, 0.15) is 0 Å². The Labute approximate surface area is 146 Å². The Morgan fingerprint density at radius 1 is 1.00 bits per heavy atom. The zero-order chi connectivity index (χ0) is 16.5.